The number of allylic oxidation sites excluding steroid dienone is 3. The van der Waals surface area contributed by atoms with Gasteiger partial charge in [-0.25, -0.2) is 0 Å². The third-order valence-electron chi connectivity index (χ3n) is 3.02. The lowest BCUT2D eigenvalue weighted by molar-refractivity contribution is 0.0782. The molecule has 2 unspecified atom stereocenters. The highest BCUT2D eigenvalue weighted by molar-refractivity contribution is 7.13. The van der Waals surface area contributed by atoms with Gasteiger partial charge < -0.3 is 4.74 Å². The molecule has 84 valence electrons. The fraction of sp³-hybridized carbons (Fsp3) is 0.667. The first kappa shape index (κ1) is 11.2. The molecule has 0 aromatic heterocycles. The third kappa shape index (κ3) is 3.32. The van der Waals surface area contributed by atoms with Gasteiger partial charge in [0, 0.05) is 13.1 Å². The molecule has 2 rings (SSSR count). The van der Waals surface area contributed by atoms with E-state index in [0.717, 1.165) is 38.1 Å². The van der Waals surface area contributed by atoms with E-state index < -0.39 is 0 Å². The Labute approximate surface area is 94.6 Å². The number of rotatable bonds is 2. The van der Waals surface area contributed by atoms with Crippen LogP contribution in [0.4, 0.5) is 0 Å². The predicted molar refractivity (Wildman–Crippen MR) is 66.4 cm³/mol. The highest BCUT2D eigenvalue weighted by atomic mass is 31.0. The summed E-state index contributed by atoms with van der Waals surface area (Å²) in [4.78, 5) is 0. The summed E-state index contributed by atoms with van der Waals surface area (Å²) in [6.07, 6.45) is 10.4. The van der Waals surface area contributed by atoms with Gasteiger partial charge in [0.2, 0.25) is 0 Å². The van der Waals surface area contributed by atoms with Crippen LogP contribution in [0.5, 0.6) is 0 Å². The van der Waals surface area contributed by atoms with Crippen LogP contribution in [-0.4, -0.2) is 23.9 Å². The highest BCUT2D eigenvalue weighted by Gasteiger charge is 2.19. The summed E-state index contributed by atoms with van der Waals surface area (Å²) in [6.45, 7) is 4.49. The van der Waals surface area contributed by atoms with Gasteiger partial charge in [-0.2, -0.15) is 0 Å². The summed E-state index contributed by atoms with van der Waals surface area (Å²) in [6, 6.07) is 0. The first-order valence-corrected chi connectivity index (χ1v) is 6.30. The van der Waals surface area contributed by atoms with Gasteiger partial charge in [0.05, 0.1) is 0 Å². The predicted octanol–water partition coefficient (Wildman–Crippen LogP) is 2.74. The minimum atomic E-state index is 0.419. The Morgan fingerprint density at radius 3 is 2.80 bits per heavy atom. The Morgan fingerprint density at radius 2 is 2.13 bits per heavy atom. The molecule has 0 radical (unpaired) electrons. The monoisotopic (exact) mass is 225 g/mol. The molecule has 1 heterocycles. The standard InChI is InChI=1S/C12H20NOP/c1-10-3-2-4-12(9-10)14-11-5-7-13(15)8-6-11/h2,4,9-11H,3,5-8,15H2,1H3. The molecule has 0 aromatic rings. The zero-order valence-corrected chi connectivity index (χ0v) is 10.5. The van der Waals surface area contributed by atoms with Gasteiger partial charge >= 0.3 is 0 Å². The molecule has 15 heavy (non-hydrogen) atoms. The lowest BCUT2D eigenvalue weighted by atomic mass is 10.0. The normalized spacial score (nSPS) is 28.9. The Morgan fingerprint density at radius 1 is 1.40 bits per heavy atom. The second kappa shape index (κ2) is 5.14. The molecule has 1 aliphatic carbocycles. The Hall–Kier alpha value is -0.330. The topological polar surface area (TPSA) is 12.5 Å². The van der Waals surface area contributed by atoms with E-state index in [4.69, 9.17) is 4.74 Å². The summed E-state index contributed by atoms with van der Waals surface area (Å²) in [5.41, 5.74) is 0. The Balaban J connectivity index is 1.84. The summed E-state index contributed by atoms with van der Waals surface area (Å²) >= 11 is 0. The van der Waals surface area contributed by atoms with E-state index in [2.05, 4.69) is 39.2 Å². The smallest absolute Gasteiger partial charge is 0.115 e. The molecule has 2 atom stereocenters. The maximum atomic E-state index is 5.99. The summed E-state index contributed by atoms with van der Waals surface area (Å²) in [5, 5.41) is 0. The lowest BCUT2D eigenvalue weighted by Crippen LogP contribution is -2.30. The fourth-order valence-electron chi connectivity index (χ4n) is 2.07. The van der Waals surface area contributed by atoms with Crippen molar-refractivity contribution in [2.75, 3.05) is 13.1 Å². The Bertz CT molecular complexity index is 267. The largest absolute Gasteiger partial charge is 0.491 e. The molecule has 1 fully saturated rings. The molecule has 1 aliphatic heterocycles. The van der Waals surface area contributed by atoms with Crippen LogP contribution in [-0.2, 0) is 4.74 Å². The van der Waals surface area contributed by atoms with Gasteiger partial charge in [-0.05, 0) is 37.3 Å². The van der Waals surface area contributed by atoms with Crippen LogP contribution in [0.3, 0.4) is 0 Å². The maximum absolute atomic E-state index is 5.99. The van der Waals surface area contributed by atoms with Crippen LogP contribution in [0.15, 0.2) is 24.0 Å². The minimum Gasteiger partial charge on any atom is -0.491 e. The zero-order valence-electron chi connectivity index (χ0n) is 9.36. The van der Waals surface area contributed by atoms with Crippen molar-refractivity contribution in [2.24, 2.45) is 5.92 Å². The van der Waals surface area contributed by atoms with Crippen molar-refractivity contribution in [2.45, 2.75) is 32.3 Å². The van der Waals surface area contributed by atoms with Gasteiger partial charge in [0.1, 0.15) is 11.9 Å². The molecule has 3 heteroatoms. The number of piperidine rings is 1. The molecule has 1 saturated heterocycles. The lowest BCUT2D eigenvalue weighted by Gasteiger charge is -2.30. The molecule has 0 aromatic carbocycles. The molecular weight excluding hydrogens is 205 g/mol. The van der Waals surface area contributed by atoms with Gasteiger partial charge in [-0.3, -0.25) is 4.67 Å². The summed E-state index contributed by atoms with van der Waals surface area (Å²) < 4.78 is 8.27. The third-order valence-corrected chi connectivity index (χ3v) is 3.53. The van der Waals surface area contributed by atoms with E-state index in [1.54, 1.807) is 0 Å². The second-order valence-electron chi connectivity index (χ2n) is 4.54. The Kier molecular flexibility index (Phi) is 3.82. The molecule has 0 spiro atoms. The van der Waals surface area contributed by atoms with E-state index in [1.807, 2.05) is 0 Å². The maximum Gasteiger partial charge on any atom is 0.115 e. The molecular formula is C12H20NOP. The van der Waals surface area contributed by atoms with Crippen molar-refractivity contribution < 1.29 is 4.74 Å². The summed E-state index contributed by atoms with van der Waals surface area (Å²) in [7, 11) is 2.77. The van der Waals surface area contributed by atoms with E-state index in [0.29, 0.717) is 12.0 Å². The van der Waals surface area contributed by atoms with Crippen molar-refractivity contribution in [3.63, 3.8) is 0 Å². The van der Waals surface area contributed by atoms with Gasteiger partial charge in [0.25, 0.3) is 0 Å². The average Bonchev–Trinajstić information content (AvgIpc) is 2.22. The first-order valence-electron chi connectivity index (χ1n) is 5.78. The first-order chi connectivity index (χ1) is 7.24. The second-order valence-corrected chi connectivity index (χ2v) is 5.27. The van der Waals surface area contributed by atoms with Crippen LogP contribution >= 0.6 is 9.39 Å². The van der Waals surface area contributed by atoms with E-state index >= 15 is 0 Å². The van der Waals surface area contributed by atoms with Crippen molar-refractivity contribution in [3.05, 3.63) is 24.0 Å². The van der Waals surface area contributed by atoms with Gasteiger partial charge in [0.15, 0.2) is 0 Å². The minimum absolute atomic E-state index is 0.419. The SMILES string of the molecule is CC1C=C(OC2CCN(P)CC2)C=CC1. The fourth-order valence-corrected chi connectivity index (χ4v) is 2.37. The van der Waals surface area contributed by atoms with Crippen LogP contribution in [0, 0.1) is 5.92 Å². The molecule has 2 nitrogen and oxygen atoms in total. The highest BCUT2D eigenvalue weighted by Crippen LogP contribution is 2.23. The van der Waals surface area contributed by atoms with Crippen LogP contribution in [0.2, 0.25) is 0 Å². The quantitative estimate of drug-likeness (QED) is 0.670. The van der Waals surface area contributed by atoms with E-state index in [-0.39, 0.29) is 0 Å². The number of ether oxygens (including phenoxy) is 1. The molecule has 0 bridgehead atoms. The van der Waals surface area contributed by atoms with Gasteiger partial charge in [-0.15, -0.1) is 0 Å². The van der Waals surface area contributed by atoms with Crippen molar-refractivity contribution in [1.29, 1.82) is 0 Å². The van der Waals surface area contributed by atoms with Crippen molar-refractivity contribution in [3.8, 4) is 0 Å². The molecule has 0 N–H and O–H groups in total. The zero-order chi connectivity index (χ0) is 10.7. The summed E-state index contributed by atoms with van der Waals surface area (Å²) in [5.74, 6) is 1.71. The van der Waals surface area contributed by atoms with E-state index in [1.165, 1.54) is 0 Å². The van der Waals surface area contributed by atoms with Crippen molar-refractivity contribution in [1.82, 2.24) is 4.67 Å². The van der Waals surface area contributed by atoms with E-state index in [9.17, 15) is 0 Å². The van der Waals surface area contributed by atoms with Crippen molar-refractivity contribution >= 4 is 9.39 Å². The molecule has 0 amide bonds. The average molecular weight is 225 g/mol. The number of nitrogens with zero attached hydrogens (tertiary/aromatic N) is 1. The number of hydrogen-bond acceptors (Lipinski definition) is 2. The van der Waals surface area contributed by atoms with Gasteiger partial charge in [-0.1, -0.05) is 22.4 Å². The van der Waals surface area contributed by atoms with Crippen LogP contribution in [0.25, 0.3) is 0 Å². The van der Waals surface area contributed by atoms with Crippen LogP contribution in [0.1, 0.15) is 26.2 Å². The molecule has 0 saturated carbocycles. The molecule has 2 aliphatic rings. The number of hydrogen-bond donors (Lipinski definition) is 0. The van der Waals surface area contributed by atoms with Crippen LogP contribution < -0.4 is 0 Å².